The lowest BCUT2D eigenvalue weighted by molar-refractivity contribution is -0.145. The zero-order valence-electron chi connectivity index (χ0n) is 51.7. The van der Waals surface area contributed by atoms with E-state index in [-0.39, 0.29) is 114 Å². The van der Waals surface area contributed by atoms with Gasteiger partial charge in [-0.15, -0.1) is 0 Å². The van der Waals surface area contributed by atoms with Crippen LogP contribution in [0.3, 0.4) is 0 Å². The number of rotatable bonds is 57. The van der Waals surface area contributed by atoms with Gasteiger partial charge in [0.05, 0.1) is 44.7 Å². The molecular weight excluding hydrogens is 1140 g/mol. The third kappa shape index (κ3) is 50.5. The molecule has 0 saturated carbocycles. The van der Waals surface area contributed by atoms with Crippen LogP contribution < -0.4 is 20.7 Å². The number of benzene rings is 1. The van der Waals surface area contributed by atoms with Gasteiger partial charge in [0.1, 0.15) is 25.0 Å². The number of carboxylic acids is 3. The molecule has 1 aromatic carbocycles. The fraction of sp³-hybridized carbons (Fsp3) is 0.742. The summed E-state index contributed by atoms with van der Waals surface area (Å²) in [7, 11) is -3.85. The maximum absolute atomic E-state index is 12.2. The Morgan fingerprint density at radius 3 is 1.59 bits per heavy atom. The van der Waals surface area contributed by atoms with Crippen LogP contribution in [0.1, 0.15) is 223 Å². The Bertz CT molecular complexity index is 2190. The Morgan fingerprint density at radius 1 is 0.477 bits per heavy atom. The summed E-state index contributed by atoms with van der Waals surface area (Å²) in [5, 5.41) is 34.3. The fourth-order valence-corrected chi connectivity index (χ4v) is 9.61. The predicted octanol–water partition coefficient (Wildman–Crippen LogP) is 8.01. The van der Waals surface area contributed by atoms with Crippen molar-refractivity contribution in [2.24, 2.45) is 5.92 Å². The van der Waals surface area contributed by atoms with Crippen molar-refractivity contribution in [3.05, 3.63) is 35.4 Å². The maximum atomic E-state index is 12.2. The van der Waals surface area contributed by atoms with Crippen LogP contribution >= 0.6 is 0 Å². The van der Waals surface area contributed by atoms with Crippen LogP contribution in [-0.4, -0.2) is 160 Å². The lowest BCUT2D eigenvalue weighted by atomic mass is 9.97. The number of aryl methyl sites for hydroxylation is 1. The molecule has 86 heavy (non-hydrogen) atoms. The van der Waals surface area contributed by atoms with Gasteiger partial charge in [-0.25, -0.2) is 8.42 Å². The molecule has 0 aliphatic heterocycles. The van der Waals surface area contributed by atoms with Gasteiger partial charge >= 0.3 is 17.9 Å². The zero-order valence-corrected chi connectivity index (χ0v) is 52.6. The van der Waals surface area contributed by atoms with Gasteiger partial charge in [-0.3, -0.25) is 52.7 Å². The highest BCUT2D eigenvalue weighted by molar-refractivity contribution is 7.90. The van der Waals surface area contributed by atoms with Gasteiger partial charge < -0.3 is 50.2 Å². The highest BCUT2D eigenvalue weighted by Crippen LogP contribution is 2.16. The van der Waals surface area contributed by atoms with Crippen molar-refractivity contribution >= 4 is 68.9 Å². The summed E-state index contributed by atoms with van der Waals surface area (Å²) < 4.78 is 47.7. The standard InChI is InChI=1S/C37H65N3O14S.C25H39NO5/c1-29(36(47)48)39-33(43)21-20-30(37(49)50)27-31(41)28-54-25-24-53-23-22-38-32(42)18-16-26-55(51,52)40-34(44)17-14-12-10-8-6-4-2-3-5-7-9-11-13-15-19-35(45)46;1-3-5-9-21-12-14-22(15-13-21)24(28)11-6-16-26-25(29)20-31-19-18-30-17-7-10-23(27)8-4-2/h29-30H,2-28H2,1H3,(H,38,42)(H,39,43)(H,40,44)(H,45,46)(H,47,48)(H,49,50);12-15H,3-11,16-20H2,1-2H3,(H,26,29)/t29?,30-;/m1./s1. The summed E-state index contributed by atoms with van der Waals surface area (Å²) in [5.41, 5.74) is 1.99. The van der Waals surface area contributed by atoms with Crippen LogP contribution in [0, 0.1) is 5.92 Å². The average Bonchev–Trinajstić information content (AvgIpc) is 3.68. The molecule has 0 bridgehead atoms. The molecule has 0 heterocycles. The van der Waals surface area contributed by atoms with E-state index < -0.39 is 57.5 Å². The van der Waals surface area contributed by atoms with Crippen LogP contribution in [0.15, 0.2) is 24.3 Å². The molecule has 2 atom stereocenters. The summed E-state index contributed by atoms with van der Waals surface area (Å²) in [6.07, 6.45) is 21.5. The fourth-order valence-electron chi connectivity index (χ4n) is 8.54. The number of aliphatic carboxylic acids is 3. The Balaban J connectivity index is 0.00000196. The Morgan fingerprint density at radius 2 is 1.02 bits per heavy atom. The number of ether oxygens (including phenoxy) is 4. The Hall–Kier alpha value is -5.69. The highest BCUT2D eigenvalue weighted by atomic mass is 32.2. The van der Waals surface area contributed by atoms with Crippen LogP contribution in [0.2, 0.25) is 0 Å². The average molecular weight is 1240 g/mol. The number of amides is 4. The highest BCUT2D eigenvalue weighted by Gasteiger charge is 2.24. The minimum absolute atomic E-state index is 0.0223. The molecule has 0 aliphatic carbocycles. The molecule has 1 rings (SSSR count). The number of nitrogens with one attached hydrogen (secondary N) is 4. The van der Waals surface area contributed by atoms with Gasteiger partial charge in [0.2, 0.25) is 33.7 Å². The van der Waals surface area contributed by atoms with Gasteiger partial charge in [0, 0.05) is 76.6 Å². The van der Waals surface area contributed by atoms with E-state index in [9.17, 15) is 61.5 Å². The normalized spacial score (nSPS) is 11.8. The SMILES string of the molecule is CC(NC(=O)CC[C@H](CC(=O)COCCOCCNC(=O)CCCS(=O)(=O)NC(=O)CCCCCCCCCCCCCCCCC(=O)O)C(=O)O)C(=O)O.CCCCc1ccc(C(=O)CCCNC(=O)COCCOCCCC(=O)CCC)cc1. The van der Waals surface area contributed by atoms with Crippen molar-refractivity contribution in [3.8, 4) is 0 Å². The summed E-state index contributed by atoms with van der Waals surface area (Å²) in [5.74, 6) is -6.57. The topological polar surface area (TPSA) is 351 Å². The first kappa shape index (κ1) is 80.3. The predicted molar refractivity (Wildman–Crippen MR) is 325 cm³/mol. The van der Waals surface area contributed by atoms with Crippen LogP contribution in [-0.2, 0) is 78.5 Å². The molecule has 0 saturated heterocycles. The van der Waals surface area contributed by atoms with E-state index in [0.717, 1.165) is 89.0 Å². The quantitative estimate of drug-likeness (QED) is 0.0240. The van der Waals surface area contributed by atoms with E-state index >= 15 is 0 Å². The van der Waals surface area contributed by atoms with E-state index in [4.69, 9.17) is 29.2 Å². The monoisotopic (exact) mass is 1240 g/mol. The van der Waals surface area contributed by atoms with Gasteiger partial charge in [0.25, 0.3) is 0 Å². The number of hydrogen-bond acceptors (Lipinski definition) is 16. The van der Waals surface area contributed by atoms with Gasteiger partial charge in [-0.1, -0.05) is 122 Å². The molecular formula is C62H104N4O19S. The van der Waals surface area contributed by atoms with E-state index in [1.165, 1.54) is 44.6 Å². The number of unbranched alkanes of at least 4 members (excludes halogenated alkanes) is 14. The number of carboxylic acid groups (broad SMARTS) is 3. The molecule has 1 unspecified atom stereocenters. The van der Waals surface area contributed by atoms with Crippen molar-refractivity contribution in [2.45, 2.75) is 219 Å². The molecule has 0 spiro atoms. The van der Waals surface area contributed by atoms with E-state index in [2.05, 4.69) is 27.6 Å². The first-order chi connectivity index (χ1) is 41.2. The first-order valence-electron chi connectivity index (χ1n) is 31.2. The van der Waals surface area contributed by atoms with Crippen LogP contribution in [0.25, 0.3) is 0 Å². The molecule has 0 aromatic heterocycles. The second-order valence-electron chi connectivity index (χ2n) is 21.5. The zero-order chi connectivity index (χ0) is 64.1. The van der Waals surface area contributed by atoms with E-state index in [1.54, 1.807) is 0 Å². The van der Waals surface area contributed by atoms with Crippen molar-refractivity contribution in [1.82, 2.24) is 20.7 Å². The summed E-state index contributed by atoms with van der Waals surface area (Å²) in [6.45, 7) is 7.17. The minimum Gasteiger partial charge on any atom is -0.481 e. The molecule has 492 valence electrons. The molecule has 0 aliphatic rings. The number of carbonyl (C=O) groups is 10. The Labute approximate surface area is 510 Å². The number of Topliss-reactive ketones (excluding diaryl/α,β-unsaturated/α-hetero) is 3. The Kier molecular flexibility index (Phi) is 50.0. The van der Waals surface area contributed by atoms with Gasteiger partial charge in [0.15, 0.2) is 11.6 Å². The number of hydrogen-bond donors (Lipinski definition) is 7. The summed E-state index contributed by atoms with van der Waals surface area (Å²) in [6, 6.07) is 6.72. The lowest BCUT2D eigenvalue weighted by Gasteiger charge is -2.13. The third-order valence-corrected chi connectivity index (χ3v) is 14.9. The minimum atomic E-state index is -3.85. The second-order valence-corrected chi connectivity index (χ2v) is 23.3. The van der Waals surface area contributed by atoms with E-state index in [1.807, 2.05) is 31.2 Å². The maximum Gasteiger partial charge on any atom is 0.325 e. The number of carbonyl (C=O) groups excluding carboxylic acids is 7. The van der Waals surface area contributed by atoms with Crippen molar-refractivity contribution in [1.29, 1.82) is 0 Å². The van der Waals surface area contributed by atoms with Crippen LogP contribution in [0.4, 0.5) is 0 Å². The third-order valence-electron chi connectivity index (χ3n) is 13.5. The molecule has 7 N–H and O–H groups in total. The van der Waals surface area contributed by atoms with Gasteiger partial charge in [-0.2, -0.15) is 0 Å². The summed E-state index contributed by atoms with van der Waals surface area (Å²) >= 11 is 0. The first-order valence-corrected chi connectivity index (χ1v) is 32.8. The van der Waals surface area contributed by atoms with Crippen molar-refractivity contribution < 1.29 is 90.6 Å². The molecule has 24 heteroatoms. The van der Waals surface area contributed by atoms with Crippen molar-refractivity contribution in [2.75, 3.05) is 71.7 Å². The lowest BCUT2D eigenvalue weighted by Crippen LogP contribution is -2.38. The molecule has 4 amide bonds. The smallest absolute Gasteiger partial charge is 0.325 e. The molecule has 0 radical (unpaired) electrons. The number of sulfonamides is 1. The largest absolute Gasteiger partial charge is 0.481 e. The van der Waals surface area contributed by atoms with Gasteiger partial charge in [-0.05, 0) is 70.3 Å². The number of ketones is 3. The molecule has 1 aromatic rings. The summed E-state index contributed by atoms with van der Waals surface area (Å²) in [4.78, 5) is 116. The van der Waals surface area contributed by atoms with E-state index in [0.29, 0.717) is 58.5 Å². The van der Waals surface area contributed by atoms with Crippen molar-refractivity contribution in [3.63, 3.8) is 0 Å². The van der Waals surface area contributed by atoms with Crippen LogP contribution in [0.5, 0.6) is 0 Å². The second kappa shape index (κ2) is 53.5. The molecule has 0 fully saturated rings. The molecule has 23 nitrogen and oxygen atoms in total.